The lowest BCUT2D eigenvalue weighted by Gasteiger charge is -2.38. The fourth-order valence-corrected chi connectivity index (χ4v) is 2.47. The first-order valence-corrected chi connectivity index (χ1v) is 6.35. The minimum absolute atomic E-state index is 0.0305. The monoisotopic (exact) mass is 249 g/mol. The standard InChI is InChI=1S/C13H19N3O2/c1-9(14)11-4-2-3-7-16(11)13(18)10-5-6-12(17)15-8-10/h5-6,8-9,11H,2-4,7,14H2,1H3,(H,15,17). The minimum Gasteiger partial charge on any atom is -0.334 e. The van der Waals surface area contributed by atoms with Gasteiger partial charge in [0.2, 0.25) is 5.56 Å². The molecule has 1 saturated heterocycles. The molecule has 2 rings (SSSR count). The summed E-state index contributed by atoms with van der Waals surface area (Å²) in [6.07, 6.45) is 4.55. The summed E-state index contributed by atoms with van der Waals surface area (Å²) in [5.74, 6) is -0.0479. The molecule has 3 N–H and O–H groups in total. The van der Waals surface area contributed by atoms with Gasteiger partial charge in [0.25, 0.3) is 5.91 Å². The van der Waals surface area contributed by atoms with Gasteiger partial charge in [-0.05, 0) is 32.3 Å². The first-order chi connectivity index (χ1) is 8.59. The average molecular weight is 249 g/mol. The SMILES string of the molecule is CC(N)C1CCCCN1C(=O)c1ccc(=O)[nH]c1. The van der Waals surface area contributed by atoms with Crippen LogP contribution < -0.4 is 11.3 Å². The second kappa shape index (κ2) is 5.35. The summed E-state index contributed by atoms with van der Waals surface area (Å²) in [6, 6.07) is 3.00. The van der Waals surface area contributed by atoms with E-state index in [-0.39, 0.29) is 23.6 Å². The van der Waals surface area contributed by atoms with E-state index in [9.17, 15) is 9.59 Å². The summed E-state index contributed by atoms with van der Waals surface area (Å²) in [6.45, 7) is 2.67. The Morgan fingerprint density at radius 2 is 2.28 bits per heavy atom. The zero-order chi connectivity index (χ0) is 13.1. The lowest BCUT2D eigenvalue weighted by Crippen LogP contribution is -2.51. The van der Waals surface area contributed by atoms with Gasteiger partial charge in [0, 0.05) is 30.9 Å². The van der Waals surface area contributed by atoms with Crippen molar-refractivity contribution in [2.45, 2.75) is 38.3 Å². The van der Waals surface area contributed by atoms with Crippen LogP contribution in [0.5, 0.6) is 0 Å². The molecule has 2 unspecified atom stereocenters. The summed E-state index contributed by atoms with van der Waals surface area (Å²) in [5, 5.41) is 0. The maximum atomic E-state index is 12.4. The van der Waals surface area contributed by atoms with E-state index in [2.05, 4.69) is 4.98 Å². The van der Waals surface area contributed by atoms with Crippen molar-refractivity contribution < 1.29 is 4.79 Å². The molecule has 5 nitrogen and oxygen atoms in total. The van der Waals surface area contributed by atoms with Crippen molar-refractivity contribution in [1.82, 2.24) is 9.88 Å². The highest BCUT2D eigenvalue weighted by Crippen LogP contribution is 2.20. The van der Waals surface area contributed by atoms with Crippen LogP contribution in [-0.2, 0) is 0 Å². The van der Waals surface area contributed by atoms with Crippen LogP contribution in [0.4, 0.5) is 0 Å². The van der Waals surface area contributed by atoms with Gasteiger partial charge >= 0.3 is 0 Å². The number of amides is 1. The second-order valence-electron chi connectivity index (χ2n) is 4.86. The van der Waals surface area contributed by atoms with E-state index < -0.39 is 0 Å². The Hall–Kier alpha value is -1.62. The summed E-state index contributed by atoms with van der Waals surface area (Å²) >= 11 is 0. The molecular formula is C13H19N3O2. The van der Waals surface area contributed by atoms with Gasteiger partial charge in [-0.3, -0.25) is 9.59 Å². The van der Waals surface area contributed by atoms with Crippen molar-refractivity contribution >= 4 is 5.91 Å². The quantitative estimate of drug-likeness (QED) is 0.810. The van der Waals surface area contributed by atoms with Crippen molar-refractivity contribution in [3.63, 3.8) is 0 Å². The molecule has 1 amide bonds. The zero-order valence-electron chi connectivity index (χ0n) is 10.6. The van der Waals surface area contributed by atoms with Crippen molar-refractivity contribution in [3.05, 3.63) is 34.2 Å². The van der Waals surface area contributed by atoms with Gasteiger partial charge in [-0.25, -0.2) is 0 Å². The first kappa shape index (κ1) is 12.8. The number of rotatable bonds is 2. The number of carbonyl (C=O) groups is 1. The Morgan fingerprint density at radius 3 is 2.89 bits per heavy atom. The maximum Gasteiger partial charge on any atom is 0.255 e. The van der Waals surface area contributed by atoms with E-state index in [1.165, 1.54) is 12.3 Å². The van der Waals surface area contributed by atoms with Gasteiger partial charge in [-0.15, -0.1) is 0 Å². The molecule has 1 aromatic rings. The zero-order valence-corrected chi connectivity index (χ0v) is 10.6. The molecule has 0 aromatic carbocycles. The number of likely N-dealkylation sites (tertiary alicyclic amines) is 1. The number of aromatic nitrogens is 1. The van der Waals surface area contributed by atoms with Crippen LogP contribution in [0, 0.1) is 0 Å². The minimum atomic E-state index is -0.200. The molecule has 0 aliphatic carbocycles. The van der Waals surface area contributed by atoms with E-state index in [0.717, 1.165) is 25.8 Å². The van der Waals surface area contributed by atoms with Crippen molar-refractivity contribution in [2.75, 3.05) is 6.54 Å². The fraction of sp³-hybridized carbons (Fsp3) is 0.538. The molecule has 0 bridgehead atoms. The van der Waals surface area contributed by atoms with E-state index in [4.69, 9.17) is 5.73 Å². The molecule has 5 heteroatoms. The summed E-state index contributed by atoms with van der Waals surface area (Å²) < 4.78 is 0. The number of aromatic amines is 1. The van der Waals surface area contributed by atoms with Crippen LogP contribution in [-0.4, -0.2) is 34.4 Å². The Kier molecular flexibility index (Phi) is 3.81. The molecule has 1 aliphatic heterocycles. The molecule has 2 atom stereocenters. The van der Waals surface area contributed by atoms with Crippen LogP contribution >= 0.6 is 0 Å². The molecule has 0 saturated carbocycles. The van der Waals surface area contributed by atoms with Crippen LogP contribution in [0.15, 0.2) is 23.1 Å². The Balaban J connectivity index is 2.20. The third-order valence-corrected chi connectivity index (χ3v) is 3.45. The van der Waals surface area contributed by atoms with E-state index in [1.807, 2.05) is 11.8 Å². The molecule has 1 aromatic heterocycles. The lowest BCUT2D eigenvalue weighted by atomic mass is 9.96. The Labute approximate surface area is 106 Å². The number of piperidine rings is 1. The van der Waals surface area contributed by atoms with Gasteiger partial charge in [-0.1, -0.05) is 0 Å². The highest BCUT2D eigenvalue weighted by molar-refractivity contribution is 5.94. The van der Waals surface area contributed by atoms with Crippen LogP contribution in [0.1, 0.15) is 36.5 Å². The first-order valence-electron chi connectivity index (χ1n) is 6.35. The normalized spacial score (nSPS) is 21.7. The number of hydrogen-bond acceptors (Lipinski definition) is 3. The number of carbonyl (C=O) groups excluding carboxylic acids is 1. The van der Waals surface area contributed by atoms with Gasteiger partial charge in [0.05, 0.1) is 5.56 Å². The lowest BCUT2D eigenvalue weighted by molar-refractivity contribution is 0.0583. The smallest absolute Gasteiger partial charge is 0.255 e. The topological polar surface area (TPSA) is 79.2 Å². The third kappa shape index (κ3) is 2.61. The number of nitrogens with zero attached hydrogens (tertiary/aromatic N) is 1. The third-order valence-electron chi connectivity index (χ3n) is 3.45. The van der Waals surface area contributed by atoms with E-state index in [0.29, 0.717) is 5.56 Å². The number of nitrogens with two attached hydrogens (primary N) is 1. The van der Waals surface area contributed by atoms with Gasteiger partial charge < -0.3 is 15.6 Å². The van der Waals surface area contributed by atoms with Crippen molar-refractivity contribution in [1.29, 1.82) is 0 Å². The largest absolute Gasteiger partial charge is 0.334 e. The summed E-state index contributed by atoms with van der Waals surface area (Å²) in [7, 11) is 0. The van der Waals surface area contributed by atoms with Crippen LogP contribution in [0.2, 0.25) is 0 Å². The second-order valence-corrected chi connectivity index (χ2v) is 4.86. The van der Waals surface area contributed by atoms with Gasteiger partial charge in [-0.2, -0.15) is 0 Å². The number of nitrogens with one attached hydrogen (secondary N) is 1. The number of pyridine rings is 1. The van der Waals surface area contributed by atoms with Crippen molar-refractivity contribution in [2.24, 2.45) is 5.73 Å². The van der Waals surface area contributed by atoms with Crippen LogP contribution in [0.3, 0.4) is 0 Å². The molecule has 0 spiro atoms. The van der Waals surface area contributed by atoms with Gasteiger partial charge in [0.1, 0.15) is 0 Å². The molecule has 1 fully saturated rings. The molecule has 98 valence electrons. The predicted molar refractivity (Wildman–Crippen MR) is 69.4 cm³/mol. The maximum absolute atomic E-state index is 12.4. The average Bonchev–Trinajstić information content (AvgIpc) is 2.39. The molecular weight excluding hydrogens is 230 g/mol. The Morgan fingerprint density at radius 1 is 1.50 bits per heavy atom. The molecule has 18 heavy (non-hydrogen) atoms. The number of hydrogen-bond donors (Lipinski definition) is 2. The summed E-state index contributed by atoms with van der Waals surface area (Å²) in [5.41, 5.74) is 6.26. The number of H-pyrrole nitrogens is 1. The highest BCUT2D eigenvalue weighted by Gasteiger charge is 2.29. The summed E-state index contributed by atoms with van der Waals surface area (Å²) in [4.78, 5) is 27.7. The Bertz CT molecular complexity index is 461. The molecule has 1 aliphatic rings. The predicted octanol–water partition coefficient (Wildman–Crippen LogP) is 0.717. The van der Waals surface area contributed by atoms with E-state index in [1.54, 1.807) is 6.07 Å². The fourth-order valence-electron chi connectivity index (χ4n) is 2.47. The van der Waals surface area contributed by atoms with Gasteiger partial charge in [0.15, 0.2) is 0 Å². The highest BCUT2D eigenvalue weighted by atomic mass is 16.2. The molecule has 2 heterocycles. The van der Waals surface area contributed by atoms with Crippen LogP contribution in [0.25, 0.3) is 0 Å². The molecule has 0 radical (unpaired) electrons. The van der Waals surface area contributed by atoms with E-state index >= 15 is 0 Å². The van der Waals surface area contributed by atoms with Crippen molar-refractivity contribution in [3.8, 4) is 0 Å².